The molecule has 0 spiro atoms. The minimum atomic E-state index is -0.540. The van der Waals surface area contributed by atoms with Crippen LogP contribution in [-0.4, -0.2) is 13.0 Å². The molecule has 1 N–H and O–H groups in total. The van der Waals surface area contributed by atoms with Gasteiger partial charge < -0.3 is 10.1 Å². The molecule has 3 nitrogen and oxygen atoms in total. The zero-order valence-electron chi connectivity index (χ0n) is 10.8. The predicted molar refractivity (Wildman–Crippen MR) is 70.5 cm³/mol. The fraction of sp³-hybridized carbons (Fsp3) is 0.133. The molecular formula is C15H13F2NO2. The maximum absolute atomic E-state index is 13.4. The van der Waals surface area contributed by atoms with E-state index in [0.29, 0.717) is 5.56 Å². The molecule has 0 saturated carbocycles. The number of ether oxygens (including phenoxy) is 1. The zero-order chi connectivity index (χ0) is 14.5. The minimum Gasteiger partial charge on any atom is -0.496 e. The van der Waals surface area contributed by atoms with Gasteiger partial charge in [-0.1, -0.05) is 18.2 Å². The molecule has 0 saturated heterocycles. The number of carbonyl (C=O) groups excluding carboxylic acids is 1. The largest absolute Gasteiger partial charge is 0.496 e. The highest BCUT2D eigenvalue weighted by Crippen LogP contribution is 2.19. The van der Waals surface area contributed by atoms with E-state index in [-0.39, 0.29) is 17.9 Å². The lowest BCUT2D eigenvalue weighted by Crippen LogP contribution is -2.24. The van der Waals surface area contributed by atoms with Crippen molar-refractivity contribution in [2.45, 2.75) is 6.54 Å². The number of methoxy groups -OCH3 is 1. The van der Waals surface area contributed by atoms with Crippen LogP contribution in [0.15, 0.2) is 42.5 Å². The molecule has 0 aromatic heterocycles. The number of rotatable bonds is 4. The van der Waals surface area contributed by atoms with E-state index < -0.39 is 17.5 Å². The van der Waals surface area contributed by atoms with E-state index in [0.717, 1.165) is 6.07 Å². The normalized spacial score (nSPS) is 10.2. The SMILES string of the molecule is COc1ccc(F)cc1C(=O)NCc1ccccc1F. The summed E-state index contributed by atoms with van der Waals surface area (Å²) in [6.07, 6.45) is 0. The van der Waals surface area contributed by atoms with Crippen molar-refractivity contribution in [1.82, 2.24) is 5.32 Å². The van der Waals surface area contributed by atoms with E-state index in [1.807, 2.05) is 0 Å². The number of carbonyl (C=O) groups is 1. The molecule has 1 amide bonds. The summed E-state index contributed by atoms with van der Waals surface area (Å²) in [7, 11) is 1.39. The van der Waals surface area contributed by atoms with Gasteiger partial charge in [0.15, 0.2) is 0 Å². The van der Waals surface area contributed by atoms with Gasteiger partial charge in [-0.15, -0.1) is 0 Å². The average molecular weight is 277 g/mol. The van der Waals surface area contributed by atoms with Crippen LogP contribution >= 0.6 is 0 Å². The molecule has 0 aliphatic carbocycles. The number of hydrogen-bond donors (Lipinski definition) is 1. The summed E-state index contributed by atoms with van der Waals surface area (Å²) in [5, 5.41) is 2.53. The summed E-state index contributed by atoms with van der Waals surface area (Å²) >= 11 is 0. The lowest BCUT2D eigenvalue weighted by Gasteiger charge is -2.10. The molecule has 2 rings (SSSR count). The summed E-state index contributed by atoms with van der Waals surface area (Å²) in [4.78, 5) is 12.0. The van der Waals surface area contributed by atoms with Gasteiger partial charge in [-0.2, -0.15) is 0 Å². The topological polar surface area (TPSA) is 38.3 Å². The number of amides is 1. The van der Waals surface area contributed by atoms with Crippen molar-refractivity contribution in [3.8, 4) is 5.75 Å². The Morgan fingerprint density at radius 1 is 1.20 bits per heavy atom. The highest BCUT2D eigenvalue weighted by molar-refractivity contribution is 5.96. The van der Waals surface area contributed by atoms with Crippen LogP contribution in [0.25, 0.3) is 0 Å². The highest BCUT2D eigenvalue weighted by Gasteiger charge is 2.13. The van der Waals surface area contributed by atoms with Crippen LogP contribution in [0.3, 0.4) is 0 Å². The second-order valence-corrected chi connectivity index (χ2v) is 4.12. The fourth-order valence-corrected chi connectivity index (χ4v) is 1.77. The minimum absolute atomic E-state index is 0.0190. The summed E-state index contributed by atoms with van der Waals surface area (Å²) in [5.74, 6) is -1.21. The van der Waals surface area contributed by atoms with Crippen LogP contribution in [0.1, 0.15) is 15.9 Å². The zero-order valence-corrected chi connectivity index (χ0v) is 10.8. The van der Waals surface area contributed by atoms with Crippen molar-refractivity contribution < 1.29 is 18.3 Å². The lowest BCUT2D eigenvalue weighted by molar-refractivity contribution is 0.0947. The standard InChI is InChI=1S/C15H13F2NO2/c1-20-14-7-6-11(16)8-12(14)15(19)18-9-10-4-2-3-5-13(10)17/h2-8H,9H2,1H3,(H,18,19). The van der Waals surface area contributed by atoms with E-state index in [9.17, 15) is 13.6 Å². The van der Waals surface area contributed by atoms with E-state index in [2.05, 4.69) is 5.32 Å². The molecule has 20 heavy (non-hydrogen) atoms. The quantitative estimate of drug-likeness (QED) is 0.933. The molecule has 0 bridgehead atoms. The van der Waals surface area contributed by atoms with E-state index >= 15 is 0 Å². The third-order valence-electron chi connectivity index (χ3n) is 2.80. The smallest absolute Gasteiger partial charge is 0.255 e. The first-order chi connectivity index (χ1) is 9.61. The molecule has 0 aliphatic rings. The van der Waals surface area contributed by atoms with Gasteiger partial charge >= 0.3 is 0 Å². The Hall–Kier alpha value is -2.43. The van der Waals surface area contributed by atoms with Gasteiger partial charge in [0, 0.05) is 12.1 Å². The molecule has 0 unspecified atom stereocenters. The average Bonchev–Trinajstić information content (AvgIpc) is 2.46. The maximum atomic E-state index is 13.4. The first-order valence-electron chi connectivity index (χ1n) is 5.97. The molecule has 104 valence electrons. The molecule has 0 aliphatic heterocycles. The second kappa shape index (κ2) is 6.14. The number of nitrogens with one attached hydrogen (secondary N) is 1. The van der Waals surface area contributed by atoms with Crippen molar-refractivity contribution in [2.75, 3.05) is 7.11 Å². The summed E-state index contributed by atoms with van der Waals surface area (Å²) < 4.78 is 31.6. The Labute approximate surface area is 115 Å². The molecule has 5 heteroatoms. The van der Waals surface area contributed by atoms with Crippen molar-refractivity contribution in [2.24, 2.45) is 0 Å². The Bertz CT molecular complexity index is 629. The first kappa shape index (κ1) is 14.0. The molecule has 2 aromatic carbocycles. The number of benzene rings is 2. The van der Waals surface area contributed by atoms with Crippen molar-refractivity contribution in [1.29, 1.82) is 0 Å². The van der Waals surface area contributed by atoms with Crippen LogP contribution in [0.5, 0.6) is 5.75 Å². The Kier molecular flexibility index (Phi) is 4.30. The molecule has 0 radical (unpaired) electrons. The van der Waals surface area contributed by atoms with Gasteiger partial charge in [0.05, 0.1) is 12.7 Å². The van der Waals surface area contributed by atoms with Crippen molar-refractivity contribution >= 4 is 5.91 Å². The van der Waals surface area contributed by atoms with E-state index in [1.54, 1.807) is 18.2 Å². The van der Waals surface area contributed by atoms with Crippen LogP contribution < -0.4 is 10.1 Å². The molecular weight excluding hydrogens is 264 g/mol. The van der Waals surface area contributed by atoms with E-state index in [1.165, 1.54) is 25.3 Å². The Morgan fingerprint density at radius 3 is 2.65 bits per heavy atom. The highest BCUT2D eigenvalue weighted by atomic mass is 19.1. The van der Waals surface area contributed by atoms with Gasteiger partial charge in [0.25, 0.3) is 5.91 Å². The third-order valence-corrected chi connectivity index (χ3v) is 2.80. The van der Waals surface area contributed by atoms with Crippen LogP contribution in [0.4, 0.5) is 8.78 Å². The maximum Gasteiger partial charge on any atom is 0.255 e. The van der Waals surface area contributed by atoms with Gasteiger partial charge in [0.2, 0.25) is 0 Å². The Morgan fingerprint density at radius 2 is 1.95 bits per heavy atom. The van der Waals surface area contributed by atoms with Crippen LogP contribution in [-0.2, 0) is 6.54 Å². The predicted octanol–water partition coefficient (Wildman–Crippen LogP) is 2.90. The monoisotopic (exact) mass is 277 g/mol. The first-order valence-corrected chi connectivity index (χ1v) is 5.97. The molecule has 0 atom stereocenters. The molecule has 0 heterocycles. The Balaban J connectivity index is 2.13. The lowest BCUT2D eigenvalue weighted by atomic mass is 10.1. The van der Waals surface area contributed by atoms with Crippen LogP contribution in [0, 0.1) is 11.6 Å². The van der Waals surface area contributed by atoms with Gasteiger partial charge in [-0.3, -0.25) is 4.79 Å². The van der Waals surface area contributed by atoms with Crippen molar-refractivity contribution in [3.05, 3.63) is 65.2 Å². The second-order valence-electron chi connectivity index (χ2n) is 4.12. The summed E-state index contributed by atoms with van der Waals surface area (Å²) in [5.41, 5.74) is 0.431. The molecule has 0 fully saturated rings. The van der Waals surface area contributed by atoms with Gasteiger partial charge in [-0.05, 0) is 24.3 Å². The van der Waals surface area contributed by atoms with Gasteiger partial charge in [0.1, 0.15) is 17.4 Å². The molecule has 2 aromatic rings. The van der Waals surface area contributed by atoms with Crippen molar-refractivity contribution in [3.63, 3.8) is 0 Å². The van der Waals surface area contributed by atoms with Gasteiger partial charge in [-0.25, -0.2) is 8.78 Å². The van der Waals surface area contributed by atoms with Crippen LogP contribution in [0.2, 0.25) is 0 Å². The number of hydrogen-bond acceptors (Lipinski definition) is 2. The fourth-order valence-electron chi connectivity index (χ4n) is 1.77. The summed E-state index contributed by atoms with van der Waals surface area (Å²) in [6, 6.07) is 9.77. The number of halogens is 2. The third kappa shape index (κ3) is 3.12. The van der Waals surface area contributed by atoms with E-state index in [4.69, 9.17) is 4.74 Å². The summed E-state index contributed by atoms with van der Waals surface area (Å²) in [6.45, 7) is 0.0190.